The van der Waals surface area contributed by atoms with Crippen LogP contribution in [0.1, 0.15) is 18.9 Å². The van der Waals surface area contributed by atoms with Crippen molar-refractivity contribution >= 4 is 0 Å². The zero-order valence-electron chi connectivity index (χ0n) is 10.7. The van der Waals surface area contributed by atoms with Crippen LogP contribution in [0, 0.1) is 0 Å². The molecule has 0 unspecified atom stereocenters. The number of benzene rings is 2. The molecular weight excluding hydrogens is 222 g/mol. The summed E-state index contributed by atoms with van der Waals surface area (Å²) in [6.07, 6.45) is 1.03. The molecule has 0 aliphatic rings. The van der Waals surface area contributed by atoms with Crippen LogP contribution in [0.3, 0.4) is 0 Å². The van der Waals surface area contributed by atoms with Gasteiger partial charge in [0.25, 0.3) is 0 Å². The Bertz CT molecular complexity index is 473. The summed E-state index contributed by atoms with van der Waals surface area (Å²) in [7, 11) is 0. The van der Waals surface area contributed by atoms with Crippen molar-refractivity contribution in [2.45, 2.75) is 19.9 Å². The summed E-state index contributed by atoms with van der Waals surface area (Å²) in [5.74, 6) is 0.930. The highest BCUT2D eigenvalue weighted by Crippen LogP contribution is 2.22. The van der Waals surface area contributed by atoms with Crippen molar-refractivity contribution in [3.8, 4) is 16.9 Å². The lowest BCUT2D eigenvalue weighted by molar-refractivity contribution is 0.317. The second-order valence-corrected chi connectivity index (χ2v) is 4.27. The van der Waals surface area contributed by atoms with Gasteiger partial charge >= 0.3 is 0 Å². The van der Waals surface area contributed by atoms with Crippen LogP contribution in [0.4, 0.5) is 0 Å². The molecule has 0 aliphatic heterocycles. The average Bonchev–Trinajstić information content (AvgIpc) is 2.46. The zero-order chi connectivity index (χ0) is 12.8. The Balaban J connectivity index is 2.12. The van der Waals surface area contributed by atoms with E-state index in [1.807, 2.05) is 12.1 Å². The van der Waals surface area contributed by atoms with Crippen molar-refractivity contribution in [3.63, 3.8) is 0 Å². The summed E-state index contributed by atoms with van der Waals surface area (Å²) in [5.41, 5.74) is 9.14. The quantitative estimate of drug-likeness (QED) is 0.868. The van der Waals surface area contributed by atoms with E-state index in [1.54, 1.807) is 0 Å². The second kappa shape index (κ2) is 6.22. The molecule has 0 spiro atoms. The minimum Gasteiger partial charge on any atom is -0.494 e. The first-order valence-electron chi connectivity index (χ1n) is 6.35. The minimum absolute atomic E-state index is 0.587. The molecule has 0 saturated carbocycles. The van der Waals surface area contributed by atoms with E-state index in [1.165, 1.54) is 11.1 Å². The Morgan fingerprint density at radius 2 is 1.44 bits per heavy atom. The lowest BCUT2D eigenvalue weighted by Gasteiger charge is -2.06. The first-order chi connectivity index (χ1) is 8.83. The Morgan fingerprint density at radius 3 is 1.94 bits per heavy atom. The molecule has 0 aliphatic carbocycles. The zero-order valence-corrected chi connectivity index (χ0v) is 10.7. The minimum atomic E-state index is 0.587. The van der Waals surface area contributed by atoms with Gasteiger partial charge in [0.2, 0.25) is 0 Å². The van der Waals surface area contributed by atoms with Crippen LogP contribution in [0.2, 0.25) is 0 Å². The topological polar surface area (TPSA) is 35.2 Å². The highest BCUT2D eigenvalue weighted by molar-refractivity contribution is 5.64. The summed E-state index contributed by atoms with van der Waals surface area (Å²) in [4.78, 5) is 0. The van der Waals surface area contributed by atoms with E-state index in [2.05, 4.69) is 43.3 Å². The van der Waals surface area contributed by atoms with E-state index in [4.69, 9.17) is 10.5 Å². The van der Waals surface area contributed by atoms with Gasteiger partial charge < -0.3 is 10.5 Å². The third-order valence-corrected chi connectivity index (χ3v) is 2.85. The summed E-state index contributed by atoms with van der Waals surface area (Å²) in [6, 6.07) is 16.5. The van der Waals surface area contributed by atoms with Gasteiger partial charge in [-0.3, -0.25) is 0 Å². The Labute approximate surface area is 108 Å². The van der Waals surface area contributed by atoms with Gasteiger partial charge in [-0.1, -0.05) is 43.3 Å². The fourth-order valence-electron chi connectivity index (χ4n) is 1.80. The van der Waals surface area contributed by atoms with Gasteiger partial charge in [0, 0.05) is 6.54 Å². The van der Waals surface area contributed by atoms with Crippen molar-refractivity contribution in [2.75, 3.05) is 6.61 Å². The standard InChI is InChI=1S/C16H19NO/c1-2-11-18-16-9-7-15(8-10-16)14-5-3-13(12-17)4-6-14/h3-10H,2,11-12,17H2,1H3. The first-order valence-corrected chi connectivity index (χ1v) is 6.35. The molecule has 2 nitrogen and oxygen atoms in total. The second-order valence-electron chi connectivity index (χ2n) is 4.27. The van der Waals surface area contributed by atoms with E-state index in [0.717, 1.165) is 24.3 Å². The molecule has 2 N–H and O–H groups in total. The summed E-state index contributed by atoms with van der Waals surface area (Å²) in [5, 5.41) is 0. The molecule has 2 aromatic rings. The van der Waals surface area contributed by atoms with Crippen LogP contribution in [0.15, 0.2) is 48.5 Å². The Hall–Kier alpha value is -1.80. The molecule has 0 heterocycles. The van der Waals surface area contributed by atoms with E-state index < -0.39 is 0 Å². The largest absolute Gasteiger partial charge is 0.494 e. The summed E-state index contributed by atoms with van der Waals surface area (Å²) in [6.45, 7) is 3.46. The van der Waals surface area contributed by atoms with Gasteiger partial charge in [0.15, 0.2) is 0 Å². The first kappa shape index (κ1) is 12.7. The molecule has 0 aromatic heterocycles. The molecule has 0 amide bonds. The normalized spacial score (nSPS) is 10.3. The smallest absolute Gasteiger partial charge is 0.119 e. The van der Waals surface area contributed by atoms with E-state index in [0.29, 0.717) is 6.54 Å². The number of ether oxygens (including phenoxy) is 1. The van der Waals surface area contributed by atoms with Gasteiger partial charge in [-0.15, -0.1) is 0 Å². The lowest BCUT2D eigenvalue weighted by atomic mass is 10.0. The fraction of sp³-hybridized carbons (Fsp3) is 0.250. The van der Waals surface area contributed by atoms with Crippen molar-refractivity contribution in [2.24, 2.45) is 5.73 Å². The monoisotopic (exact) mass is 241 g/mol. The maximum atomic E-state index is 5.59. The molecule has 0 bridgehead atoms. The lowest BCUT2D eigenvalue weighted by Crippen LogP contribution is -1.95. The number of hydrogen-bond acceptors (Lipinski definition) is 2. The van der Waals surface area contributed by atoms with Gasteiger partial charge in [-0.25, -0.2) is 0 Å². The molecule has 2 aromatic carbocycles. The molecule has 2 rings (SSSR count). The van der Waals surface area contributed by atoms with Gasteiger partial charge in [-0.05, 0) is 35.2 Å². The molecular formula is C16H19NO. The van der Waals surface area contributed by atoms with Crippen LogP contribution >= 0.6 is 0 Å². The van der Waals surface area contributed by atoms with Crippen LogP contribution < -0.4 is 10.5 Å². The van der Waals surface area contributed by atoms with Gasteiger partial charge in [0.1, 0.15) is 5.75 Å². The van der Waals surface area contributed by atoms with Gasteiger partial charge in [0.05, 0.1) is 6.61 Å². The van der Waals surface area contributed by atoms with Crippen molar-refractivity contribution in [1.82, 2.24) is 0 Å². The number of nitrogens with two attached hydrogens (primary N) is 1. The Morgan fingerprint density at radius 1 is 0.889 bits per heavy atom. The molecule has 2 heteroatoms. The maximum Gasteiger partial charge on any atom is 0.119 e. The average molecular weight is 241 g/mol. The summed E-state index contributed by atoms with van der Waals surface area (Å²) < 4.78 is 5.57. The molecule has 0 atom stereocenters. The summed E-state index contributed by atoms with van der Waals surface area (Å²) >= 11 is 0. The van der Waals surface area contributed by atoms with Crippen LogP contribution in [-0.4, -0.2) is 6.61 Å². The van der Waals surface area contributed by atoms with Gasteiger partial charge in [-0.2, -0.15) is 0 Å². The van der Waals surface area contributed by atoms with E-state index in [9.17, 15) is 0 Å². The molecule has 94 valence electrons. The van der Waals surface area contributed by atoms with Crippen molar-refractivity contribution < 1.29 is 4.74 Å². The number of rotatable bonds is 5. The predicted octanol–water partition coefficient (Wildman–Crippen LogP) is 3.60. The van der Waals surface area contributed by atoms with Crippen molar-refractivity contribution in [1.29, 1.82) is 0 Å². The highest BCUT2D eigenvalue weighted by atomic mass is 16.5. The van der Waals surface area contributed by atoms with Crippen LogP contribution in [0.5, 0.6) is 5.75 Å². The molecule has 0 saturated heterocycles. The molecule has 0 radical (unpaired) electrons. The third kappa shape index (κ3) is 3.11. The number of hydrogen-bond donors (Lipinski definition) is 1. The maximum absolute atomic E-state index is 5.59. The van der Waals surface area contributed by atoms with Crippen LogP contribution in [-0.2, 0) is 6.54 Å². The Kier molecular flexibility index (Phi) is 4.37. The third-order valence-electron chi connectivity index (χ3n) is 2.85. The molecule has 18 heavy (non-hydrogen) atoms. The highest BCUT2D eigenvalue weighted by Gasteiger charge is 1.99. The van der Waals surface area contributed by atoms with E-state index in [-0.39, 0.29) is 0 Å². The predicted molar refractivity (Wildman–Crippen MR) is 75.6 cm³/mol. The molecule has 0 fully saturated rings. The van der Waals surface area contributed by atoms with Crippen molar-refractivity contribution in [3.05, 3.63) is 54.1 Å². The SMILES string of the molecule is CCCOc1ccc(-c2ccc(CN)cc2)cc1. The van der Waals surface area contributed by atoms with Crippen LogP contribution in [0.25, 0.3) is 11.1 Å². The van der Waals surface area contributed by atoms with E-state index >= 15 is 0 Å². The fourth-order valence-corrected chi connectivity index (χ4v) is 1.80.